The monoisotopic (exact) mass is 376 g/mol. The number of amides is 1. The molecule has 0 saturated heterocycles. The summed E-state index contributed by atoms with van der Waals surface area (Å²) in [4.78, 5) is 39.6. The van der Waals surface area contributed by atoms with Crippen LogP contribution in [0.15, 0.2) is 24.3 Å². The zero-order chi connectivity index (χ0) is 19.4. The standard InChI is InChI=1S/C18H17ClN2O5/c1-9-6-10(2)20-17(19)16(9)18(25)26-8-15(24)12-4-5-14(23)13(7-12)21-11(3)22/h4-7,23H,8H2,1-3H3,(H,21,22). The van der Waals surface area contributed by atoms with Gasteiger partial charge in [0.05, 0.1) is 11.3 Å². The van der Waals surface area contributed by atoms with Crippen molar-refractivity contribution in [3.8, 4) is 5.75 Å². The first-order valence-electron chi connectivity index (χ1n) is 7.63. The van der Waals surface area contributed by atoms with Gasteiger partial charge in [-0.1, -0.05) is 11.6 Å². The Balaban J connectivity index is 2.12. The molecule has 1 aromatic heterocycles. The number of halogens is 1. The van der Waals surface area contributed by atoms with Gasteiger partial charge in [0.25, 0.3) is 0 Å². The first kappa shape index (κ1) is 19.4. The lowest BCUT2D eigenvalue weighted by atomic mass is 10.1. The van der Waals surface area contributed by atoms with Gasteiger partial charge in [-0.3, -0.25) is 9.59 Å². The minimum atomic E-state index is -0.755. The number of rotatable bonds is 5. The summed E-state index contributed by atoms with van der Waals surface area (Å²) in [5.41, 5.74) is 1.63. The van der Waals surface area contributed by atoms with Crippen LogP contribution in [0.1, 0.15) is 38.9 Å². The Bertz CT molecular complexity index is 872. The van der Waals surface area contributed by atoms with E-state index in [-0.39, 0.29) is 27.7 Å². The van der Waals surface area contributed by atoms with E-state index in [1.54, 1.807) is 19.9 Å². The zero-order valence-electron chi connectivity index (χ0n) is 14.4. The van der Waals surface area contributed by atoms with Gasteiger partial charge in [-0.15, -0.1) is 0 Å². The molecule has 0 unspecified atom stereocenters. The van der Waals surface area contributed by atoms with Crippen LogP contribution in [0.25, 0.3) is 0 Å². The van der Waals surface area contributed by atoms with E-state index in [1.165, 1.54) is 25.1 Å². The fraction of sp³-hybridized carbons (Fsp3) is 0.222. The highest BCUT2D eigenvalue weighted by Crippen LogP contribution is 2.25. The fourth-order valence-corrected chi connectivity index (χ4v) is 2.68. The fourth-order valence-electron chi connectivity index (χ4n) is 2.32. The first-order valence-corrected chi connectivity index (χ1v) is 8.01. The van der Waals surface area contributed by atoms with Crippen molar-refractivity contribution >= 4 is 34.9 Å². The number of anilines is 1. The average Bonchev–Trinajstić information content (AvgIpc) is 2.53. The molecule has 1 aromatic carbocycles. The van der Waals surface area contributed by atoms with Gasteiger partial charge < -0.3 is 15.2 Å². The highest BCUT2D eigenvalue weighted by Gasteiger charge is 2.19. The molecule has 0 bridgehead atoms. The number of phenols is 1. The van der Waals surface area contributed by atoms with E-state index in [2.05, 4.69) is 10.3 Å². The number of aromatic hydroxyl groups is 1. The van der Waals surface area contributed by atoms with E-state index in [0.717, 1.165) is 0 Å². The third-order valence-electron chi connectivity index (χ3n) is 3.47. The van der Waals surface area contributed by atoms with Crippen molar-refractivity contribution in [1.82, 2.24) is 4.98 Å². The Morgan fingerprint density at radius 2 is 1.92 bits per heavy atom. The molecule has 2 rings (SSSR count). The number of nitrogens with zero attached hydrogens (tertiary/aromatic N) is 1. The number of hydrogen-bond donors (Lipinski definition) is 2. The van der Waals surface area contributed by atoms with Gasteiger partial charge in [0.1, 0.15) is 10.9 Å². The molecule has 0 aliphatic carbocycles. The van der Waals surface area contributed by atoms with Crippen LogP contribution in [0.3, 0.4) is 0 Å². The number of aromatic nitrogens is 1. The number of ketones is 1. The summed E-state index contributed by atoms with van der Waals surface area (Å²) in [6, 6.07) is 5.62. The molecular weight excluding hydrogens is 360 g/mol. The number of aryl methyl sites for hydroxylation is 2. The second-order valence-electron chi connectivity index (χ2n) is 5.66. The predicted molar refractivity (Wildman–Crippen MR) is 95.7 cm³/mol. The quantitative estimate of drug-likeness (QED) is 0.359. The molecule has 2 aromatic rings. The van der Waals surface area contributed by atoms with Crippen LogP contribution in [0.4, 0.5) is 5.69 Å². The molecule has 0 aliphatic rings. The Labute approximate surface area is 155 Å². The Kier molecular flexibility index (Phi) is 5.94. The number of pyridine rings is 1. The summed E-state index contributed by atoms with van der Waals surface area (Å²) in [5, 5.41) is 12.1. The van der Waals surface area contributed by atoms with E-state index in [4.69, 9.17) is 16.3 Å². The lowest BCUT2D eigenvalue weighted by Crippen LogP contribution is -2.16. The first-order chi connectivity index (χ1) is 12.2. The largest absolute Gasteiger partial charge is 0.506 e. The summed E-state index contributed by atoms with van der Waals surface area (Å²) in [7, 11) is 0. The number of phenolic OH excluding ortho intramolecular Hbond substituents is 1. The van der Waals surface area contributed by atoms with Gasteiger partial charge in [-0.05, 0) is 43.7 Å². The Morgan fingerprint density at radius 3 is 2.54 bits per heavy atom. The maximum absolute atomic E-state index is 12.2. The van der Waals surface area contributed by atoms with Crippen LogP contribution in [0, 0.1) is 13.8 Å². The molecular formula is C18H17ClN2O5. The maximum Gasteiger partial charge on any atom is 0.342 e. The molecule has 0 saturated carbocycles. The number of Topliss-reactive ketones (excluding diaryl/α,β-unsaturated/α-hetero) is 1. The van der Waals surface area contributed by atoms with Crippen molar-refractivity contribution in [2.75, 3.05) is 11.9 Å². The lowest BCUT2D eigenvalue weighted by Gasteiger charge is -2.10. The van der Waals surface area contributed by atoms with E-state index in [1.807, 2.05) is 0 Å². The van der Waals surface area contributed by atoms with Crippen molar-refractivity contribution in [3.63, 3.8) is 0 Å². The Morgan fingerprint density at radius 1 is 1.23 bits per heavy atom. The van der Waals surface area contributed by atoms with Crippen molar-refractivity contribution in [1.29, 1.82) is 0 Å². The van der Waals surface area contributed by atoms with Crippen LogP contribution < -0.4 is 5.32 Å². The Hall–Kier alpha value is -2.93. The highest BCUT2D eigenvalue weighted by atomic mass is 35.5. The van der Waals surface area contributed by atoms with E-state index < -0.39 is 24.3 Å². The van der Waals surface area contributed by atoms with Gasteiger partial charge in [0.15, 0.2) is 12.4 Å². The van der Waals surface area contributed by atoms with Gasteiger partial charge in [0, 0.05) is 18.2 Å². The molecule has 0 fully saturated rings. The topological polar surface area (TPSA) is 106 Å². The second kappa shape index (κ2) is 7.97. The van der Waals surface area contributed by atoms with Gasteiger partial charge in [0.2, 0.25) is 5.91 Å². The van der Waals surface area contributed by atoms with Crippen LogP contribution in [-0.4, -0.2) is 34.4 Å². The molecule has 0 aliphatic heterocycles. The number of benzene rings is 1. The smallest absolute Gasteiger partial charge is 0.342 e. The van der Waals surface area contributed by atoms with Crippen LogP contribution in [-0.2, 0) is 9.53 Å². The zero-order valence-corrected chi connectivity index (χ0v) is 15.2. The molecule has 136 valence electrons. The van der Waals surface area contributed by atoms with Crippen LogP contribution in [0.5, 0.6) is 5.75 Å². The molecule has 26 heavy (non-hydrogen) atoms. The SMILES string of the molecule is CC(=O)Nc1cc(C(=O)COC(=O)c2c(C)cc(C)nc2Cl)ccc1O. The molecule has 0 atom stereocenters. The molecule has 2 N–H and O–H groups in total. The second-order valence-corrected chi connectivity index (χ2v) is 6.02. The summed E-state index contributed by atoms with van der Waals surface area (Å²) in [6.07, 6.45) is 0. The van der Waals surface area contributed by atoms with Gasteiger partial charge in [-0.25, -0.2) is 9.78 Å². The van der Waals surface area contributed by atoms with Gasteiger partial charge >= 0.3 is 5.97 Å². The molecule has 1 heterocycles. The van der Waals surface area contributed by atoms with Crippen LogP contribution in [0.2, 0.25) is 5.15 Å². The highest BCUT2D eigenvalue weighted by molar-refractivity contribution is 6.32. The number of nitrogens with one attached hydrogen (secondary N) is 1. The summed E-state index contributed by atoms with van der Waals surface area (Å²) >= 11 is 5.98. The summed E-state index contributed by atoms with van der Waals surface area (Å²) < 4.78 is 5.03. The van der Waals surface area contributed by atoms with Crippen molar-refractivity contribution in [2.24, 2.45) is 0 Å². The van der Waals surface area contributed by atoms with Crippen molar-refractivity contribution in [3.05, 3.63) is 51.8 Å². The number of carbonyl (C=O) groups is 3. The number of ether oxygens (including phenoxy) is 1. The molecule has 1 amide bonds. The third-order valence-corrected chi connectivity index (χ3v) is 3.74. The van der Waals surface area contributed by atoms with E-state index >= 15 is 0 Å². The third kappa shape index (κ3) is 4.58. The van der Waals surface area contributed by atoms with E-state index in [0.29, 0.717) is 11.3 Å². The number of carbonyl (C=O) groups excluding carboxylic acids is 3. The normalized spacial score (nSPS) is 10.3. The number of esters is 1. The van der Waals surface area contributed by atoms with Crippen molar-refractivity contribution in [2.45, 2.75) is 20.8 Å². The number of hydrogen-bond acceptors (Lipinski definition) is 6. The summed E-state index contributed by atoms with van der Waals surface area (Å²) in [5.74, 6) is -1.83. The summed E-state index contributed by atoms with van der Waals surface area (Å²) in [6.45, 7) is 4.19. The minimum absolute atomic E-state index is 0.0116. The molecule has 7 nitrogen and oxygen atoms in total. The lowest BCUT2D eigenvalue weighted by molar-refractivity contribution is -0.114. The predicted octanol–water partition coefficient (Wildman–Crippen LogP) is 3.06. The average molecular weight is 377 g/mol. The molecule has 8 heteroatoms. The van der Waals surface area contributed by atoms with Crippen molar-refractivity contribution < 1.29 is 24.2 Å². The molecule has 0 spiro atoms. The van der Waals surface area contributed by atoms with Gasteiger partial charge in [-0.2, -0.15) is 0 Å². The molecule has 0 radical (unpaired) electrons. The minimum Gasteiger partial charge on any atom is -0.506 e. The van der Waals surface area contributed by atoms with E-state index in [9.17, 15) is 19.5 Å². The maximum atomic E-state index is 12.2. The van der Waals surface area contributed by atoms with Crippen LogP contribution >= 0.6 is 11.6 Å².